The number of esters is 1. The second-order valence-corrected chi connectivity index (χ2v) is 4.17. The summed E-state index contributed by atoms with van der Waals surface area (Å²) in [5.41, 5.74) is 0.366. The van der Waals surface area contributed by atoms with E-state index in [0.717, 1.165) is 0 Å². The van der Waals surface area contributed by atoms with Gasteiger partial charge in [-0.1, -0.05) is 6.58 Å². The fraction of sp³-hybridized carbons (Fsp3) is 0.769. The summed E-state index contributed by atoms with van der Waals surface area (Å²) >= 11 is 0. The first-order valence-corrected chi connectivity index (χ1v) is 6.37. The molecule has 0 aromatic carbocycles. The molecule has 0 aromatic heterocycles. The molecule has 1 unspecified atom stereocenters. The lowest BCUT2D eigenvalue weighted by Crippen LogP contribution is -2.30. The average Bonchev–Trinajstić information content (AvgIpc) is 2.37. The van der Waals surface area contributed by atoms with Crippen molar-refractivity contribution in [2.75, 3.05) is 52.9 Å². The molecule has 0 bridgehead atoms. The number of hydrogen-bond donors (Lipinski definition) is 0. The molecule has 1 heterocycles. The molecule has 0 amide bonds. The Kier molecular flexibility index (Phi) is 8.40. The van der Waals surface area contributed by atoms with Crippen LogP contribution in [0.15, 0.2) is 12.2 Å². The fourth-order valence-corrected chi connectivity index (χ4v) is 1.36. The van der Waals surface area contributed by atoms with Crippen molar-refractivity contribution in [2.24, 2.45) is 0 Å². The highest BCUT2D eigenvalue weighted by Gasteiger charge is 2.14. The van der Waals surface area contributed by atoms with E-state index in [1.807, 2.05) is 0 Å². The highest BCUT2D eigenvalue weighted by atomic mass is 16.6. The third-order valence-electron chi connectivity index (χ3n) is 2.38. The third kappa shape index (κ3) is 7.94. The van der Waals surface area contributed by atoms with Crippen LogP contribution in [0.2, 0.25) is 0 Å². The van der Waals surface area contributed by atoms with Crippen LogP contribution in [0, 0.1) is 0 Å². The minimum Gasteiger partial charge on any atom is -0.459 e. The molecule has 0 saturated carbocycles. The predicted molar refractivity (Wildman–Crippen MR) is 68.0 cm³/mol. The van der Waals surface area contributed by atoms with Gasteiger partial charge in [0.25, 0.3) is 0 Å². The van der Waals surface area contributed by atoms with Crippen LogP contribution in [-0.4, -0.2) is 64.9 Å². The first-order valence-electron chi connectivity index (χ1n) is 6.37. The molecule has 1 saturated heterocycles. The monoisotopic (exact) mass is 274 g/mol. The van der Waals surface area contributed by atoms with E-state index in [0.29, 0.717) is 51.8 Å². The standard InChI is InChI=1S/C13H22O6/c1-11(2)13(14)19-10-12-9-17-6-5-15-3-4-16-7-8-18-12/h12H,1,3-10H2,2H3. The van der Waals surface area contributed by atoms with Crippen molar-refractivity contribution in [3.8, 4) is 0 Å². The summed E-state index contributed by atoms with van der Waals surface area (Å²) in [6.07, 6.45) is -0.300. The molecule has 1 atom stereocenters. The zero-order valence-electron chi connectivity index (χ0n) is 11.4. The lowest BCUT2D eigenvalue weighted by atomic mass is 10.3. The van der Waals surface area contributed by atoms with Gasteiger partial charge < -0.3 is 23.7 Å². The van der Waals surface area contributed by atoms with Crippen molar-refractivity contribution in [1.29, 1.82) is 0 Å². The van der Waals surface area contributed by atoms with Gasteiger partial charge in [0, 0.05) is 5.57 Å². The molecular formula is C13H22O6. The van der Waals surface area contributed by atoms with Crippen LogP contribution in [0.1, 0.15) is 6.92 Å². The van der Waals surface area contributed by atoms with E-state index in [-0.39, 0.29) is 12.7 Å². The van der Waals surface area contributed by atoms with Gasteiger partial charge in [-0.3, -0.25) is 0 Å². The maximum atomic E-state index is 11.3. The Hall–Kier alpha value is -0.950. The number of hydrogen-bond acceptors (Lipinski definition) is 6. The summed E-state index contributed by atoms with van der Waals surface area (Å²) in [6.45, 7) is 8.63. The lowest BCUT2D eigenvalue weighted by Gasteiger charge is -2.19. The molecule has 0 radical (unpaired) electrons. The molecule has 1 aliphatic rings. The van der Waals surface area contributed by atoms with Gasteiger partial charge in [0.15, 0.2) is 0 Å². The normalized spacial score (nSPS) is 22.9. The van der Waals surface area contributed by atoms with Crippen molar-refractivity contribution in [2.45, 2.75) is 13.0 Å². The third-order valence-corrected chi connectivity index (χ3v) is 2.38. The summed E-state index contributed by atoms with van der Waals surface area (Å²) in [7, 11) is 0. The molecule has 0 N–H and O–H groups in total. The largest absolute Gasteiger partial charge is 0.459 e. The zero-order chi connectivity index (χ0) is 13.9. The van der Waals surface area contributed by atoms with E-state index < -0.39 is 5.97 Å². The minimum atomic E-state index is -0.422. The maximum absolute atomic E-state index is 11.3. The van der Waals surface area contributed by atoms with E-state index in [1.54, 1.807) is 6.92 Å². The van der Waals surface area contributed by atoms with Crippen molar-refractivity contribution < 1.29 is 28.5 Å². The molecule has 110 valence electrons. The topological polar surface area (TPSA) is 63.2 Å². The Labute approximate surface area is 113 Å². The van der Waals surface area contributed by atoms with E-state index in [4.69, 9.17) is 23.7 Å². The maximum Gasteiger partial charge on any atom is 0.333 e. The van der Waals surface area contributed by atoms with Crippen LogP contribution in [0.4, 0.5) is 0 Å². The Morgan fingerprint density at radius 2 is 1.68 bits per heavy atom. The first kappa shape index (κ1) is 16.1. The number of rotatable bonds is 3. The molecule has 1 rings (SSSR count). The van der Waals surface area contributed by atoms with Crippen LogP contribution in [0.3, 0.4) is 0 Å². The van der Waals surface area contributed by atoms with E-state index >= 15 is 0 Å². The lowest BCUT2D eigenvalue weighted by molar-refractivity contribution is -0.146. The highest BCUT2D eigenvalue weighted by molar-refractivity contribution is 5.86. The smallest absolute Gasteiger partial charge is 0.333 e. The molecule has 1 aliphatic heterocycles. The van der Waals surface area contributed by atoms with Crippen molar-refractivity contribution in [3.63, 3.8) is 0 Å². The van der Waals surface area contributed by atoms with Gasteiger partial charge in [-0.15, -0.1) is 0 Å². The molecule has 1 fully saturated rings. The molecule has 0 spiro atoms. The summed E-state index contributed by atoms with van der Waals surface area (Å²) in [5.74, 6) is -0.422. The second-order valence-electron chi connectivity index (χ2n) is 4.17. The van der Waals surface area contributed by atoms with Crippen LogP contribution < -0.4 is 0 Å². The zero-order valence-corrected chi connectivity index (χ0v) is 11.4. The summed E-state index contributed by atoms with van der Waals surface area (Å²) < 4.78 is 26.6. The SMILES string of the molecule is C=C(C)C(=O)OCC1COCCOCCOCCO1. The van der Waals surface area contributed by atoms with Crippen LogP contribution >= 0.6 is 0 Å². The van der Waals surface area contributed by atoms with Gasteiger partial charge in [-0.05, 0) is 6.92 Å². The Bertz CT molecular complexity index is 266. The first-order chi connectivity index (χ1) is 9.20. The van der Waals surface area contributed by atoms with E-state index in [1.165, 1.54) is 0 Å². The summed E-state index contributed by atoms with van der Waals surface area (Å²) in [6, 6.07) is 0. The highest BCUT2D eigenvalue weighted by Crippen LogP contribution is 2.00. The molecule has 6 nitrogen and oxygen atoms in total. The summed E-state index contributed by atoms with van der Waals surface area (Å²) in [5, 5.41) is 0. The molecule has 6 heteroatoms. The quantitative estimate of drug-likeness (QED) is 0.553. The second kappa shape index (κ2) is 9.91. The van der Waals surface area contributed by atoms with E-state index in [9.17, 15) is 4.79 Å². The summed E-state index contributed by atoms with van der Waals surface area (Å²) in [4.78, 5) is 11.3. The Morgan fingerprint density at radius 3 is 2.32 bits per heavy atom. The molecule has 0 aromatic rings. The van der Waals surface area contributed by atoms with Gasteiger partial charge in [0.2, 0.25) is 0 Å². The predicted octanol–water partition coefficient (Wildman–Crippen LogP) is 0.554. The minimum absolute atomic E-state index is 0.145. The number of carbonyl (C=O) groups is 1. The van der Waals surface area contributed by atoms with Gasteiger partial charge in [0.05, 0.1) is 46.2 Å². The fourth-order valence-electron chi connectivity index (χ4n) is 1.36. The molecular weight excluding hydrogens is 252 g/mol. The molecule has 19 heavy (non-hydrogen) atoms. The van der Waals surface area contributed by atoms with Gasteiger partial charge >= 0.3 is 5.97 Å². The van der Waals surface area contributed by atoms with Crippen molar-refractivity contribution >= 4 is 5.97 Å². The average molecular weight is 274 g/mol. The molecule has 0 aliphatic carbocycles. The van der Waals surface area contributed by atoms with Crippen LogP contribution in [0.25, 0.3) is 0 Å². The van der Waals surface area contributed by atoms with Crippen LogP contribution in [-0.2, 0) is 28.5 Å². The Morgan fingerprint density at radius 1 is 1.11 bits per heavy atom. The van der Waals surface area contributed by atoms with Gasteiger partial charge in [-0.25, -0.2) is 4.79 Å². The van der Waals surface area contributed by atoms with Gasteiger partial charge in [-0.2, -0.15) is 0 Å². The number of ether oxygens (including phenoxy) is 5. The van der Waals surface area contributed by atoms with Crippen molar-refractivity contribution in [1.82, 2.24) is 0 Å². The van der Waals surface area contributed by atoms with Gasteiger partial charge in [0.1, 0.15) is 12.7 Å². The Balaban J connectivity index is 2.30. The number of carbonyl (C=O) groups excluding carboxylic acids is 1. The van der Waals surface area contributed by atoms with Crippen molar-refractivity contribution in [3.05, 3.63) is 12.2 Å². The van der Waals surface area contributed by atoms with Crippen LogP contribution in [0.5, 0.6) is 0 Å². The van der Waals surface area contributed by atoms with E-state index in [2.05, 4.69) is 6.58 Å².